The molecule has 1 aromatic rings. The van der Waals surface area contributed by atoms with E-state index in [4.69, 9.17) is 0 Å². The number of nitrogens with one attached hydrogen (secondary N) is 1. The molecule has 0 unspecified atom stereocenters. The number of sulfonamides is 1. The van der Waals surface area contributed by atoms with Crippen LogP contribution in [0.15, 0.2) is 23.1 Å². The van der Waals surface area contributed by atoms with Crippen LogP contribution in [-0.2, 0) is 10.0 Å². The standard InChI is InChI=1S/C11H16N2O4S/c1-8(2)7-12-18(16,17)11-6-4-5-10(9(11)3)13(14)15/h4-6,8,12H,7H2,1-3H3. The van der Waals surface area contributed by atoms with Gasteiger partial charge < -0.3 is 0 Å². The number of hydrogen-bond donors (Lipinski definition) is 1. The minimum atomic E-state index is -3.70. The van der Waals surface area contributed by atoms with Gasteiger partial charge in [0, 0.05) is 18.2 Å². The Morgan fingerprint density at radius 2 is 2.00 bits per heavy atom. The summed E-state index contributed by atoms with van der Waals surface area (Å²) in [6.45, 7) is 5.48. The summed E-state index contributed by atoms with van der Waals surface area (Å²) in [6, 6.07) is 4.02. The molecule has 0 fully saturated rings. The Kier molecular flexibility index (Phi) is 4.42. The van der Waals surface area contributed by atoms with Crippen LogP contribution in [0.4, 0.5) is 5.69 Å². The van der Waals surface area contributed by atoms with Crippen molar-refractivity contribution in [3.8, 4) is 0 Å². The number of nitro groups is 1. The first-order chi connectivity index (χ1) is 8.25. The molecule has 0 aliphatic heterocycles. The van der Waals surface area contributed by atoms with Crippen LogP contribution in [0.2, 0.25) is 0 Å². The van der Waals surface area contributed by atoms with E-state index in [1.165, 1.54) is 25.1 Å². The SMILES string of the molecule is Cc1c([N+](=O)[O-])cccc1S(=O)(=O)NCC(C)C. The van der Waals surface area contributed by atoms with E-state index in [1.54, 1.807) is 0 Å². The lowest BCUT2D eigenvalue weighted by atomic mass is 10.2. The lowest BCUT2D eigenvalue weighted by molar-refractivity contribution is -0.385. The maximum atomic E-state index is 12.0. The fourth-order valence-electron chi connectivity index (χ4n) is 1.45. The molecule has 1 N–H and O–H groups in total. The fourth-order valence-corrected chi connectivity index (χ4v) is 2.92. The van der Waals surface area contributed by atoms with Crippen molar-refractivity contribution in [1.82, 2.24) is 4.72 Å². The van der Waals surface area contributed by atoms with Crippen molar-refractivity contribution in [2.24, 2.45) is 5.92 Å². The Labute approximate surface area is 106 Å². The molecule has 100 valence electrons. The second kappa shape index (κ2) is 5.45. The molecular weight excluding hydrogens is 256 g/mol. The van der Waals surface area contributed by atoms with Gasteiger partial charge in [-0.2, -0.15) is 0 Å². The molecule has 0 bridgehead atoms. The summed E-state index contributed by atoms with van der Waals surface area (Å²) in [7, 11) is -3.70. The third kappa shape index (κ3) is 3.27. The van der Waals surface area contributed by atoms with Crippen LogP contribution in [-0.4, -0.2) is 19.9 Å². The maximum Gasteiger partial charge on any atom is 0.273 e. The Hall–Kier alpha value is -1.47. The van der Waals surface area contributed by atoms with E-state index < -0.39 is 14.9 Å². The zero-order valence-electron chi connectivity index (χ0n) is 10.5. The summed E-state index contributed by atoms with van der Waals surface area (Å²) >= 11 is 0. The van der Waals surface area contributed by atoms with Crippen molar-refractivity contribution in [3.05, 3.63) is 33.9 Å². The molecule has 0 aromatic heterocycles. The zero-order chi connectivity index (χ0) is 13.9. The maximum absolute atomic E-state index is 12.0. The van der Waals surface area contributed by atoms with Gasteiger partial charge in [0.15, 0.2) is 0 Å². The highest BCUT2D eigenvalue weighted by molar-refractivity contribution is 7.89. The predicted molar refractivity (Wildman–Crippen MR) is 67.9 cm³/mol. The van der Waals surface area contributed by atoms with Crippen molar-refractivity contribution >= 4 is 15.7 Å². The largest absolute Gasteiger partial charge is 0.273 e. The van der Waals surface area contributed by atoms with Gasteiger partial charge in [0.25, 0.3) is 5.69 Å². The molecule has 0 amide bonds. The van der Waals surface area contributed by atoms with Crippen molar-refractivity contribution in [3.63, 3.8) is 0 Å². The summed E-state index contributed by atoms with van der Waals surface area (Å²) in [5.41, 5.74) is -0.0406. The Morgan fingerprint density at radius 1 is 1.39 bits per heavy atom. The highest BCUT2D eigenvalue weighted by atomic mass is 32.2. The third-order valence-corrected chi connectivity index (χ3v) is 3.99. The smallest absolute Gasteiger partial charge is 0.258 e. The van der Waals surface area contributed by atoms with E-state index >= 15 is 0 Å². The van der Waals surface area contributed by atoms with E-state index in [1.807, 2.05) is 13.8 Å². The van der Waals surface area contributed by atoms with E-state index in [2.05, 4.69) is 4.72 Å². The summed E-state index contributed by atoms with van der Waals surface area (Å²) in [6.07, 6.45) is 0. The molecule has 6 nitrogen and oxygen atoms in total. The normalized spacial score (nSPS) is 11.8. The summed E-state index contributed by atoms with van der Waals surface area (Å²) in [5, 5.41) is 10.8. The van der Waals surface area contributed by atoms with Gasteiger partial charge in [0.05, 0.1) is 9.82 Å². The lowest BCUT2D eigenvalue weighted by Crippen LogP contribution is -2.28. The molecule has 0 atom stereocenters. The fraction of sp³-hybridized carbons (Fsp3) is 0.455. The second-order valence-corrected chi connectivity index (χ2v) is 6.14. The van der Waals surface area contributed by atoms with Gasteiger partial charge in [-0.3, -0.25) is 10.1 Å². The molecule has 18 heavy (non-hydrogen) atoms. The van der Waals surface area contributed by atoms with E-state index in [0.29, 0.717) is 6.54 Å². The molecular formula is C11H16N2O4S. The van der Waals surface area contributed by atoms with E-state index in [9.17, 15) is 18.5 Å². The summed E-state index contributed by atoms with van der Waals surface area (Å²) in [4.78, 5) is 10.1. The Bertz CT molecular complexity index is 552. The minimum absolute atomic E-state index is 0.0441. The van der Waals surface area contributed by atoms with Gasteiger partial charge in [-0.25, -0.2) is 13.1 Å². The number of rotatable bonds is 5. The average molecular weight is 272 g/mol. The molecule has 0 saturated carbocycles. The third-order valence-electron chi connectivity index (χ3n) is 2.42. The summed E-state index contributed by atoms with van der Waals surface area (Å²) in [5.74, 6) is 0.166. The van der Waals surface area contributed by atoms with Gasteiger partial charge in [0.1, 0.15) is 0 Å². The van der Waals surface area contributed by atoms with E-state index in [-0.39, 0.29) is 22.1 Å². The molecule has 1 aromatic carbocycles. The van der Waals surface area contributed by atoms with Crippen LogP contribution < -0.4 is 4.72 Å². The van der Waals surface area contributed by atoms with Crippen LogP contribution in [0.25, 0.3) is 0 Å². The first-order valence-electron chi connectivity index (χ1n) is 5.49. The topological polar surface area (TPSA) is 89.3 Å². The first-order valence-corrected chi connectivity index (χ1v) is 6.97. The van der Waals surface area contributed by atoms with Crippen molar-refractivity contribution in [2.45, 2.75) is 25.7 Å². The monoisotopic (exact) mass is 272 g/mol. The van der Waals surface area contributed by atoms with Gasteiger partial charge in [-0.1, -0.05) is 19.9 Å². The molecule has 1 rings (SSSR count). The van der Waals surface area contributed by atoms with Crippen molar-refractivity contribution < 1.29 is 13.3 Å². The van der Waals surface area contributed by atoms with Crippen molar-refractivity contribution in [1.29, 1.82) is 0 Å². The Morgan fingerprint density at radius 3 is 2.50 bits per heavy atom. The second-order valence-electron chi connectivity index (χ2n) is 4.40. The molecule has 0 spiro atoms. The highest BCUT2D eigenvalue weighted by Gasteiger charge is 2.22. The highest BCUT2D eigenvalue weighted by Crippen LogP contribution is 2.24. The van der Waals surface area contributed by atoms with Crippen LogP contribution in [0, 0.1) is 23.0 Å². The molecule has 0 saturated heterocycles. The molecule has 0 aliphatic rings. The van der Waals surface area contributed by atoms with Crippen LogP contribution in [0.5, 0.6) is 0 Å². The van der Waals surface area contributed by atoms with E-state index in [0.717, 1.165) is 0 Å². The minimum Gasteiger partial charge on any atom is -0.258 e. The van der Waals surface area contributed by atoms with Gasteiger partial charge >= 0.3 is 0 Å². The van der Waals surface area contributed by atoms with Crippen LogP contribution >= 0.6 is 0 Å². The average Bonchev–Trinajstić information content (AvgIpc) is 2.26. The summed E-state index contributed by atoms with van der Waals surface area (Å²) < 4.78 is 26.4. The van der Waals surface area contributed by atoms with Crippen LogP contribution in [0.3, 0.4) is 0 Å². The number of benzene rings is 1. The number of hydrogen-bond acceptors (Lipinski definition) is 4. The molecule has 0 heterocycles. The van der Waals surface area contributed by atoms with Gasteiger partial charge in [-0.15, -0.1) is 0 Å². The quantitative estimate of drug-likeness (QED) is 0.654. The lowest BCUT2D eigenvalue weighted by Gasteiger charge is -2.10. The molecule has 0 radical (unpaired) electrons. The van der Waals surface area contributed by atoms with Gasteiger partial charge in [-0.05, 0) is 18.9 Å². The number of nitro benzene ring substituents is 1. The van der Waals surface area contributed by atoms with Crippen molar-refractivity contribution in [2.75, 3.05) is 6.54 Å². The van der Waals surface area contributed by atoms with Crippen LogP contribution in [0.1, 0.15) is 19.4 Å². The number of nitrogens with zero attached hydrogens (tertiary/aromatic N) is 1. The van der Waals surface area contributed by atoms with Gasteiger partial charge in [0.2, 0.25) is 10.0 Å². The first kappa shape index (κ1) is 14.6. The zero-order valence-corrected chi connectivity index (χ0v) is 11.3. The predicted octanol–water partition coefficient (Wildman–Crippen LogP) is 1.84. The molecule has 7 heteroatoms. The molecule has 0 aliphatic carbocycles. The Balaban J connectivity index is 3.17.